The molecule has 0 spiro atoms. The number of benzene rings is 2. The van der Waals surface area contributed by atoms with Crippen LogP contribution in [0.5, 0.6) is 17.2 Å². The highest BCUT2D eigenvalue weighted by molar-refractivity contribution is 6.04. The van der Waals surface area contributed by atoms with E-state index in [2.05, 4.69) is 0 Å². The third kappa shape index (κ3) is 5.38. The monoisotopic (exact) mass is 367 g/mol. The normalized spacial score (nSPS) is 11.0. The van der Waals surface area contributed by atoms with Crippen molar-refractivity contribution in [2.45, 2.75) is 0 Å². The fourth-order valence-corrected chi connectivity index (χ4v) is 2.48. The first-order chi connectivity index (χ1) is 13.0. The van der Waals surface area contributed by atoms with Gasteiger partial charge in [0.15, 0.2) is 5.78 Å². The van der Waals surface area contributed by atoms with E-state index in [4.69, 9.17) is 14.2 Å². The largest absolute Gasteiger partial charge is 0.496 e. The number of rotatable bonds is 8. The Balaban J connectivity index is 2.16. The van der Waals surface area contributed by atoms with E-state index >= 15 is 0 Å². The van der Waals surface area contributed by atoms with Crippen LogP contribution in [-0.4, -0.2) is 41.2 Å². The van der Waals surface area contributed by atoms with Crippen molar-refractivity contribution in [2.75, 3.05) is 40.3 Å². The standard InChI is InChI=1S/C22H25NO4/c1-23(2)17-9-6-16(7-10-17)8-11-18(24)12-13-20-21(26-4)14-19(25-3)15-22(20)27-5/h6-15H,1-5H3/b11-8+,13-12+. The Bertz CT molecular complexity index is 811. The van der Waals surface area contributed by atoms with Gasteiger partial charge in [0.2, 0.25) is 0 Å². The van der Waals surface area contributed by atoms with Crippen LogP contribution in [-0.2, 0) is 4.79 Å². The molecule has 0 fully saturated rings. The van der Waals surface area contributed by atoms with Gasteiger partial charge in [-0.15, -0.1) is 0 Å². The molecule has 0 aliphatic heterocycles. The van der Waals surface area contributed by atoms with Gasteiger partial charge in [0, 0.05) is 31.9 Å². The lowest BCUT2D eigenvalue weighted by Crippen LogP contribution is -2.07. The van der Waals surface area contributed by atoms with Crippen LogP contribution in [0, 0.1) is 0 Å². The molecule has 0 unspecified atom stereocenters. The first-order valence-corrected chi connectivity index (χ1v) is 8.46. The van der Waals surface area contributed by atoms with Gasteiger partial charge >= 0.3 is 0 Å². The molecule has 0 saturated carbocycles. The van der Waals surface area contributed by atoms with Crippen molar-refractivity contribution in [3.63, 3.8) is 0 Å². The van der Waals surface area contributed by atoms with Gasteiger partial charge in [-0.2, -0.15) is 0 Å². The quantitative estimate of drug-likeness (QED) is 0.658. The van der Waals surface area contributed by atoms with E-state index in [1.165, 1.54) is 12.2 Å². The number of allylic oxidation sites excluding steroid dienone is 2. The summed E-state index contributed by atoms with van der Waals surface area (Å²) >= 11 is 0. The number of anilines is 1. The molecule has 0 saturated heterocycles. The Morgan fingerprint density at radius 1 is 0.852 bits per heavy atom. The smallest absolute Gasteiger partial charge is 0.178 e. The summed E-state index contributed by atoms with van der Waals surface area (Å²) in [4.78, 5) is 14.2. The van der Waals surface area contributed by atoms with Crippen molar-refractivity contribution in [3.05, 3.63) is 59.7 Å². The molecule has 0 aliphatic carbocycles. The lowest BCUT2D eigenvalue weighted by atomic mass is 10.1. The molecule has 2 aromatic rings. The average Bonchev–Trinajstić information content (AvgIpc) is 2.70. The minimum absolute atomic E-state index is 0.133. The Morgan fingerprint density at radius 3 is 1.89 bits per heavy atom. The van der Waals surface area contributed by atoms with Crippen molar-refractivity contribution in [1.82, 2.24) is 0 Å². The molecule has 0 aliphatic rings. The summed E-state index contributed by atoms with van der Waals surface area (Å²) in [5.41, 5.74) is 2.75. The van der Waals surface area contributed by atoms with Gasteiger partial charge in [0.05, 0.1) is 26.9 Å². The molecule has 2 rings (SSSR count). The number of nitrogens with zero attached hydrogens (tertiary/aromatic N) is 1. The van der Waals surface area contributed by atoms with Crippen molar-refractivity contribution < 1.29 is 19.0 Å². The summed E-state index contributed by atoms with van der Waals surface area (Å²) in [5.74, 6) is 1.62. The highest BCUT2D eigenvalue weighted by Gasteiger charge is 2.10. The summed E-state index contributed by atoms with van der Waals surface area (Å²) in [5, 5.41) is 0. The number of ketones is 1. The van der Waals surface area contributed by atoms with Gasteiger partial charge in [-0.25, -0.2) is 0 Å². The molecule has 0 N–H and O–H groups in total. The zero-order chi connectivity index (χ0) is 19.8. The predicted molar refractivity (Wildman–Crippen MR) is 110 cm³/mol. The molecule has 5 nitrogen and oxygen atoms in total. The van der Waals surface area contributed by atoms with Crippen LogP contribution in [0.1, 0.15) is 11.1 Å². The molecule has 0 bridgehead atoms. The lowest BCUT2D eigenvalue weighted by Gasteiger charge is -2.12. The minimum Gasteiger partial charge on any atom is -0.496 e. The second-order valence-corrected chi connectivity index (χ2v) is 6.00. The first-order valence-electron chi connectivity index (χ1n) is 8.46. The number of ether oxygens (including phenoxy) is 3. The fourth-order valence-electron chi connectivity index (χ4n) is 2.48. The third-order valence-corrected chi connectivity index (χ3v) is 4.02. The molecular formula is C22H25NO4. The zero-order valence-electron chi connectivity index (χ0n) is 16.4. The predicted octanol–water partition coefficient (Wildman–Crippen LogP) is 4.07. The first kappa shape index (κ1) is 20.1. The highest BCUT2D eigenvalue weighted by Crippen LogP contribution is 2.35. The van der Waals surface area contributed by atoms with Crippen LogP contribution < -0.4 is 19.1 Å². The average molecular weight is 367 g/mol. The van der Waals surface area contributed by atoms with E-state index in [0.29, 0.717) is 22.8 Å². The van der Waals surface area contributed by atoms with E-state index in [9.17, 15) is 4.79 Å². The van der Waals surface area contributed by atoms with Crippen LogP contribution in [0.2, 0.25) is 0 Å². The van der Waals surface area contributed by atoms with Crippen LogP contribution in [0.15, 0.2) is 48.6 Å². The van der Waals surface area contributed by atoms with Gasteiger partial charge in [-0.05, 0) is 35.9 Å². The zero-order valence-corrected chi connectivity index (χ0v) is 16.4. The maximum absolute atomic E-state index is 12.2. The van der Waals surface area contributed by atoms with Crippen LogP contribution >= 0.6 is 0 Å². The molecule has 0 amide bonds. The molecule has 0 heterocycles. The van der Waals surface area contributed by atoms with Gasteiger partial charge in [0.25, 0.3) is 0 Å². The summed E-state index contributed by atoms with van der Waals surface area (Å²) in [6, 6.07) is 11.4. The maximum Gasteiger partial charge on any atom is 0.178 e. The molecule has 0 radical (unpaired) electrons. The third-order valence-electron chi connectivity index (χ3n) is 4.02. The molecular weight excluding hydrogens is 342 g/mol. The summed E-state index contributed by atoms with van der Waals surface area (Å²) in [6.07, 6.45) is 6.48. The van der Waals surface area contributed by atoms with E-state index in [-0.39, 0.29) is 5.78 Å². The summed E-state index contributed by atoms with van der Waals surface area (Å²) in [7, 11) is 8.67. The van der Waals surface area contributed by atoms with Crippen molar-refractivity contribution in [2.24, 2.45) is 0 Å². The molecule has 5 heteroatoms. The van der Waals surface area contributed by atoms with Crippen molar-refractivity contribution >= 4 is 23.6 Å². The molecule has 0 atom stereocenters. The van der Waals surface area contributed by atoms with Gasteiger partial charge in [-0.1, -0.05) is 18.2 Å². The van der Waals surface area contributed by atoms with Crippen molar-refractivity contribution in [3.8, 4) is 17.2 Å². The van der Waals surface area contributed by atoms with Crippen LogP contribution in [0.3, 0.4) is 0 Å². The number of carbonyl (C=O) groups is 1. The number of hydrogen-bond acceptors (Lipinski definition) is 5. The second-order valence-electron chi connectivity index (χ2n) is 6.00. The van der Waals surface area contributed by atoms with E-state index < -0.39 is 0 Å². The van der Waals surface area contributed by atoms with Crippen LogP contribution in [0.4, 0.5) is 5.69 Å². The molecule has 0 aromatic heterocycles. The Hall–Kier alpha value is -3.21. The fraction of sp³-hybridized carbons (Fsp3) is 0.227. The second kappa shape index (κ2) is 9.48. The van der Waals surface area contributed by atoms with Crippen LogP contribution in [0.25, 0.3) is 12.2 Å². The summed E-state index contributed by atoms with van der Waals surface area (Å²) in [6.45, 7) is 0. The van der Waals surface area contributed by atoms with E-state index in [1.54, 1.807) is 45.6 Å². The summed E-state index contributed by atoms with van der Waals surface area (Å²) < 4.78 is 16.0. The minimum atomic E-state index is -0.133. The maximum atomic E-state index is 12.2. The van der Waals surface area contributed by atoms with Gasteiger partial charge in [-0.3, -0.25) is 4.79 Å². The molecule has 142 valence electrons. The molecule has 2 aromatic carbocycles. The highest BCUT2D eigenvalue weighted by atomic mass is 16.5. The van der Waals surface area contributed by atoms with Crippen molar-refractivity contribution in [1.29, 1.82) is 0 Å². The molecule has 27 heavy (non-hydrogen) atoms. The Labute approximate surface area is 160 Å². The SMILES string of the molecule is COc1cc(OC)c(/C=C/C(=O)/C=C/c2ccc(N(C)C)cc2)c(OC)c1. The van der Waals surface area contributed by atoms with Gasteiger partial charge < -0.3 is 19.1 Å². The topological polar surface area (TPSA) is 48.0 Å². The Kier molecular flexibility index (Phi) is 7.06. The van der Waals surface area contributed by atoms with Gasteiger partial charge in [0.1, 0.15) is 17.2 Å². The number of carbonyl (C=O) groups excluding carboxylic acids is 1. The lowest BCUT2D eigenvalue weighted by molar-refractivity contribution is -0.110. The number of methoxy groups -OCH3 is 3. The van der Waals surface area contributed by atoms with E-state index in [0.717, 1.165) is 11.3 Å². The van der Waals surface area contributed by atoms with E-state index in [1.807, 2.05) is 43.3 Å². The Morgan fingerprint density at radius 2 is 1.41 bits per heavy atom. The number of hydrogen-bond donors (Lipinski definition) is 0.